The highest BCUT2D eigenvalue weighted by Gasteiger charge is 2.29. The first-order valence-corrected chi connectivity index (χ1v) is 9.18. The Morgan fingerprint density at radius 3 is 2.81 bits per heavy atom. The number of imidazole rings is 1. The van der Waals surface area contributed by atoms with Crippen LogP contribution in [0.1, 0.15) is 30.0 Å². The van der Waals surface area contributed by atoms with Crippen molar-refractivity contribution < 1.29 is 9.18 Å². The number of carbonyl (C=O) groups excluding carboxylic acids is 1. The zero-order valence-electron chi connectivity index (χ0n) is 15.0. The summed E-state index contributed by atoms with van der Waals surface area (Å²) in [4.78, 5) is 23.2. The second-order valence-electron chi connectivity index (χ2n) is 7.03. The lowest BCUT2D eigenvalue weighted by atomic mass is 9.93. The molecule has 0 radical (unpaired) electrons. The lowest BCUT2D eigenvalue weighted by Crippen LogP contribution is -2.48. The van der Waals surface area contributed by atoms with Gasteiger partial charge in [0.1, 0.15) is 5.82 Å². The molecule has 27 heavy (non-hydrogen) atoms. The molecule has 4 rings (SSSR count). The lowest BCUT2D eigenvalue weighted by molar-refractivity contribution is -0.133. The number of hydrogen-bond donors (Lipinski definition) is 1. The zero-order valence-corrected chi connectivity index (χ0v) is 15.0. The zero-order chi connectivity index (χ0) is 18.8. The Morgan fingerprint density at radius 2 is 2.00 bits per heavy atom. The fourth-order valence-corrected chi connectivity index (χ4v) is 3.80. The molecule has 3 aromatic rings. The van der Waals surface area contributed by atoms with E-state index in [2.05, 4.69) is 9.97 Å². The molecule has 1 aliphatic rings. The maximum Gasteiger partial charge on any atom is 0.239 e. The standard InChI is InChI=1S/C20H22FN5O/c21-16-5-3-14(4-6-16)12-17(22)19(27)25-10-1-2-15(13-25)18-7-8-23-20-24-9-11-26(18)20/h3-9,11,15,17H,1-2,10,12-13,22H2/t15-,17+/m1/s1. The van der Waals surface area contributed by atoms with Crippen LogP contribution in [0.5, 0.6) is 0 Å². The van der Waals surface area contributed by atoms with Crippen molar-refractivity contribution in [3.8, 4) is 0 Å². The van der Waals surface area contributed by atoms with Crippen molar-refractivity contribution in [1.82, 2.24) is 19.3 Å². The number of likely N-dealkylation sites (tertiary alicyclic amines) is 1. The monoisotopic (exact) mass is 367 g/mol. The van der Waals surface area contributed by atoms with Crippen LogP contribution in [0, 0.1) is 5.82 Å². The number of amides is 1. The predicted molar refractivity (Wildman–Crippen MR) is 99.6 cm³/mol. The molecule has 7 heteroatoms. The van der Waals surface area contributed by atoms with Gasteiger partial charge in [-0.1, -0.05) is 12.1 Å². The summed E-state index contributed by atoms with van der Waals surface area (Å²) in [5, 5.41) is 0. The van der Waals surface area contributed by atoms with E-state index in [4.69, 9.17) is 5.73 Å². The second-order valence-corrected chi connectivity index (χ2v) is 7.03. The Hall–Kier alpha value is -2.80. The third-order valence-electron chi connectivity index (χ3n) is 5.17. The minimum Gasteiger partial charge on any atom is -0.341 e. The van der Waals surface area contributed by atoms with Crippen LogP contribution in [0.25, 0.3) is 5.78 Å². The number of carbonyl (C=O) groups is 1. The van der Waals surface area contributed by atoms with Gasteiger partial charge in [-0.25, -0.2) is 14.4 Å². The van der Waals surface area contributed by atoms with Crippen molar-refractivity contribution in [1.29, 1.82) is 0 Å². The fourth-order valence-electron chi connectivity index (χ4n) is 3.80. The van der Waals surface area contributed by atoms with E-state index >= 15 is 0 Å². The molecule has 0 bridgehead atoms. The Bertz CT molecular complexity index is 939. The number of aromatic nitrogens is 3. The molecule has 3 heterocycles. The van der Waals surface area contributed by atoms with Gasteiger partial charge in [-0.15, -0.1) is 0 Å². The van der Waals surface area contributed by atoms with Gasteiger partial charge in [-0.3, -0.25) is 9.20 Å². The number of halogens is 1. The number of fused-ring (bicyclic) bond motifs is 1. The van der Waals surface area contributed by atoms with Gasteiger partial charge in [0.15, 0.2) is 0 Å². The fraction of sp³-hybridized carbons (Fsp3) is 0.350. The average molecular weight is 367 g/mol. The number of benzene rings is 1. The van der Waals surface area contributed by atoms with Crippen molar-refractivity contribution in [2.24, 2.45) is 5.73 Å². The third kappa shape index (κ3) is 3.68. The van der Waals surface area contributed by atoms with Crippen LogP contribution in [0.15, 0.2) is 48.9 Å². The van der Waals surface area contributed by atoms with E-state index in [1.807, 2.05) is 21.6 Å². The van der Waals surface area contributed by atoms with E-state index in [9.17, 15) is 9.18 Å². The van der Waals surface area contributed by atoms with Crippen LogP contribution in [-0.2, 0) is 11.2 Å². The van der Waals surface area contributed by atoms with Gasteiger partial charge in [-0.2, -0.15) is 0 Å². The first kappa shape index (κ1) is 17.6. The molecule has 1 saturated heterocycles. The molecule has 0 spiro atoms. The van der Waals surface area contributed by atoms with E-state index in [1.165, 1.54) is 12.1 Å². The highest BCUT2D eigenvalue weighted by Crippen LogP contribution is 2.27. The van der Waals surface area contributed by atoms with E-state index in [0.29, 0.717) is 25.3 Å². The van der Waals surface area contributed by atoms with Crippen LogP contribution >= 0.6 is 0 Å². The summed E-state index contributed by atoms with van der Waals surface area (Å²) in [5.41, 5.74) is 8.14. The number of rotatable bonds is 4. The van der Waals surface area contributed by atoms with E-state index in [1.54, 1.807) is 24.5 Å². The van der Waals surface area contributed by atoms with Crippen LogP contribution in [0.3, 0.4) is 0 Å². The van der Waals surface area contributed by atoms with E-state index in [0.717, 1.165) is 24.1 Å². The molecule has 2 N–H and O–H groups in total. The van der Waals surface area contributed by atoms with E-state index < -0.39 is 6.04 Å². The normalized spacial score (nSPS) is 18.6. The Labute approximate surface area is 156 Å². The Balaban J connectivity index is 1.46. The van der Waals surface area contributed by atoms with Crippen LogP contribution in [0.4, 0.5) is 4.39 Å². The van der Waals surface area contributed by atoms with Crippen molar-refractivity contribution in [2.45, 2.75) is 31.2 Å². The highest BCUT2D eigenvalue weighted by atomic mass is 19.1. The molecule has 0 unspecified atom stereocenters. The predicted octanol–water partition coefficient (Wildman–Crippen LogP) is 2.14. The SMILES string of the molecule is N[C@@H](Cc1ccc(F)cc1)C(=O)N1CCC[C@@H](c2ccnc3nccn23)C1. The molecule has 140 valence electrons. The molecule has 1 amide bonds. The summed E-state index contributed by atoms with van der Waals surface area (Å²) >= 11 is 0. The summed E-state index contributed by atoms with van der Waals surface area (Å²) in [6.07, 6.45) is 7.74. The minimum absolute atomic E-state index is 0.0556. The van der Waals surface area contributed by atoms with Gasteiger partial charge >= 0.3 is 0 Å². The van der Waals surface area contributed by atoms with Crippen molar-refractivity contribution >= 4 is 11.7 Å². The largest absolute Gasteiger partial charge is 0.341 e. The molecule has 1 aliphatic heterocycles. The van der Waals surface area contributed by atoms with Crippen LogP contribution in [0.2, 0.25) is 0 Å². The van der Waals surface area contributed by atoms with Crippen molar-refractivity contribution in [3.63, 3.8) is 0 Å². The molecule has 2 aromatic heterocycles. The summed E-state index contributed by atoms with van der Waals surface area (Å²) < 4.78 is 15.0. The highest BCUT2D eigenvalue weighted by molar-refractivity contribution is 5.82. The number of piperidine rings is 1. The molecule has 0 saturated carbocycles. The molecule has 1 aromatic carbocycles. The van der Waals surface area contributed by atoms with Gasteiger partial charge in [0.05, 0.1) is 6.04 Å². The van der Waals surface area contributed by atoms with Crippen molar-refractivity contribution in [3.05, 3.63) is 66.0 Å². The first-order valence-electron chi connectivity index (χ1n) is 9.18. The van der Waals surface area contributed by atoms with Crippen molar-refractivity contribution in [2.75, 3.05) is 13.1 Å². The molecular formula is C20H22FN5O. The van der Waals surface area contributed by atoms with Gasteiger partial charge < -0.3 is 10.6 Å². The summed E-state index contributed by atoms with van der Waals surface area (Å²) in [6.45, 7) is 1.35. The molecular weight excluding hydrogens is 345 g/mol. The smallest absolute Gasteiger partial charge is 0.239 e. The third-order valence-corrected chi connectivity index (χ3v) is 5.17. The number of hydrogen-bond acceptors (Lipinski definition) is 4. The number of nitrogens with zero attached hydrogens (tertiary/aromatic N) is 4. The van der Waals surface area contributed by atoms with E-state index in [-0.39, 0.29) is 17.6 Å². The number of nitrogens with two attached hydrogens (primary N) is 1. The van der Waals surface area contributed by atoms with Gasteiger partial charge in [0, 0.05) is 43.3 Å². The maximum atomic E-state index is 13.0. The summed E-state index contributed by atoms with van der Waals surface area (Å²) in [6, 6.07) is 7.50. The second kappa shape index (κ2) is 7.44. The Morgan fingerprint density at radius 1 is 1.22 bits per heavy atom. The molecule has 2 atom stereocenters. The molecule has 6 nitrogen and oxygen atoms in total. The quantitative estimate of drug-likeness (QED) is 0.767. The maximum absolute atomic E-state index is 13.0. The minimum atomic E-state index is -0.625. The topological polar surface area (TPSA) is 76.5 Å². The first-order chi connectivity index (χ1) is 13.1. The van der Waals surface area contributed by atoms with Gasteiger partial charge in [-0.05, 0) is 43.0 Å². The van der Waals surface area contributed by atoms with Crippen LogP contribution < -0.4 is 5.73 Å². The summed E-state index contributed by atoms with van der Waals surface area (Å²) in [7, 11) is 0. The average Bonchev–Trinajstić information content (AvgIpc) is 3.18. The molecule has 0 aliphatic carbocycles. The van der Waals surface area contributed by atoms with Gasteiger partial charge in [0.25, 0.3) is 0 Å². The molecule has 1 fully saturated rings. The Kier molecular flexibility index (Phi) is 4.85. The lowest BCUT2D eigenvalue weighted by Gasteiger charge is -2.34. The van der Waals surface area contributed by atoms with Crippen LogP contribution in [-0.4, -0.2) is 44.3 Å². The summed E-state index contributed by atoms with van der Waals surface area (Å²) in [5.74, 6) is 0.546. The van der Waals surface area contributed by atoms with Gasteiger partial charge in [0.2, 0.25) is 11.7 Å².